The van der Waals surface area contributed by atoms with Crippen molar-refractivity contribution in [2.24, 2.45) is 0 Å². The number of aryl methyl sites for hydroxylation is 1. The van der Waals surface area contributed by atoms with E-state index in [2.05, 4.69) is 29.2 Å². The van der Waals surface area contributed by atoms with Gasteiger partial charge in [-0.05, 0) is 36.0 Å². The summed E-state index contributed by atoms with van der Waals surface area (Å²) in [5.41, 5.74) is 4.51. The van der Waals surface area contributed by atoms with Crippen molar-refractivity contribution in [1.82, 2.24) is 4.90 Å². The summed E-state index contributed by atoms with van der Waals surface area (Å²) in [5.74, 6) is 0. The molecular formula is C13H14N2. The molecule has 0 radical (unpaired) electrons. The summed E-state index contributed by atoms with van der Waals surface area (Å²) >= 11 is 0. The molecule has 3 rings (SSSR count). The van der Waals surface area contributed by atoms with Crippen LogP contribution in [0.5, 0.6) is 0 Å². The van der Waals surface area contributed by atoms with Gasteiger partial charge in [0.1, 0.15) is 0 Å². The molecule has 0 aromatic heterocycles. The molecule has 0 amide bonds. The lowest BCUT2D eigenvalue weighted by molar-refractivity contribution is 0.222. The van der Waals surface area contributed by atoms with E-state index < -0.39 is 0 Å². The van der Waals surface area contributed by atoms with Crippen molar-refractivity contribution in [1.29, 1.82) is 5.26 Å². The summed E-state index contributed by atoms with van der Waals surface area (Å²) in [6.45, 7) is 1.54. The van der Waals surface area contributed by atoms with E-state index in [1.807, 2.05) is 0 Å². The fraction of sp³-hybridized carbons (Fsp3) is 0.462. The van der Waals surface area contributed by atoms with Crippen LogP contribution in [0.15, 0.2) is 18.2 Å². The highest BCUT2D eigenvalue weighted by Gasteiger charge is 2.33. The van der Waals surface area contributed by atoms with Gasteiger partial charge in [-0.2, -0.15) is 5.26 Å². The second kappa shape index (κ2) is 3.36. The molecule has 1 atom stereocenters. The molecule has 0 fully saturated rings. The lowest BCUT2D eigenvalue weighted by Gasteiger charge is -2.27. The Morgan fingerprint density at radius 1 is 1.40 bits per heavy atom. The number of hydrogen-bond donors (Lipinski definition) is 0. The van der Waals surface area contributed by atoms with E-state index in [0.29, 0.717) is 12.6 Å². The minimum atomic E-state index is 0.532. The van der Waals surface area contributed by atoms with E-state index in [9.17, 15) is 0 Å². The van der Waals surface area contributed by atoms with Crippen LogP contribution in [0.1, 0.15) is 35.6 Å². The summed E-state index contributed by atoms with van der Waals surface area (Å²) in [5, 5.41) is 8.81. The van der Waals surface area contributed by atoms with Crippen molar-refractivity contribution >= 4 is 0 Å². The van der Waals surface area contributed by atoms with Crippen molar-refractivity contribution in [2.45, 2.75) is 31.8 Å². The molecule has 0 saturated heterocycles. The molecule has 1 aliphatic heterocycles. The highest BCUT2D eigenvalue weighted by atomic mass is 15.2. The fourth-order valence-electron chi connectivity index (χ4n) is 3.03. The molecule has 0 bridgehead atoms. The van der Waals surface area contributed by atoms with Crippen molar-refractivity contribution in [3.63, 3.8) is 0 Å². The van der Waals surface area contributed by atoms with E-state index in [1.54, 1.807) is 5.56 Å². The number of rotatable bonds is 1. The number of nitrogens with zero attached hydrogens (tertiary/aromatic N) is 2. The molecular weight excluding hydrogens is 184 g/mol. The van der Waals surface area contributed by atoms with Gasteiger partial charge in [-0.1, -0.05) is 18.2 Å². The first-order valence-electron chi connectivity index (χ1n) is 5.62. The first-order valence-corrected chi connectivity index (χ1v) is 5.62. The third-order valence-corrected chi connectivity index (χ3v) is 3.63. The largest absolute Gasteiger partial charge is 0.279 e. The molecule has 15 heavy (non-hydrogen) atoms. The second-order valence-corrected chi connectivity index (χ2v) is 4.46. The van der Waals surface area contributed by atoms with Gasteiger partial charge in [-0.15, -0.1) is 0 Å². The lowest BCUT2D eigenvalue weighted by Crippen LogP contribution is -2.24. The number of nitriles is 1. The average molecular weight is 198 g/mol. The van der Waals surface area contributed by atoms with Crippen LogP contribution < -0.4 is 0 Å². The summed E-state index contributed by atoms with van der Waals surface area (Å²) in [6.07, 6.45) is 3.72. The van der Waals surface area contributed by atoms with Gasteiger partial charge in [-0.25, -0.2) is 0 Å². The van der Waals surface area contributed by atoms with Crippen molar-refractivity contribution in [3.05, 3.63) is 34.9 Å². The minimum absolute atomic E-state index is 0.532. The fourth-order valence-corrected chi connectivity index (χ4v) is 3.03. The van der Waals surface area contributed by atoms with Gasteiger partial charge in [0.25, 0.3) is 0 Å². The molecule has 2 heteroatoms. The molecule has 1 heterocycles. The zero-order valence-electron chi connectivity index (χ0n) is 8.74. The molecule has 1 unspecified atom stereocenters. The van der Waals surface area contributed by atoms with Crippen molar-refractivity contribution in [3.8, 4) is 6.07 Å². The Morgan fingerprint density at radius 3 is 3.13 bits per heavy atom. The number of benzene rings is 1. The van der Waals surface area contributed by atoms with Crippen molar-refractivity contribution in [2.75, 3.05) is 6.54 Å². The summed E-state index contributed by atoms with van der Waals surface area (Å²) < 4.78 is 0. The average Bonchev–Trinajstić information content (AvgIpc) is 2.61. The Balaban J connectivity index is 2.05. The third-order valence-electron chi connectivity index (χ3n) is 3.63. The van der Waals surface area contributed by atoms with Crippen LogP contribution in [0, 0.1) is 11.3 Å². The molecule has 1 aliphatic carbocycles. The zero-order chi connectivity index (χ0) is 10.3. The molecule has 2 nitrogen and oxygen atoms in total. The van der Waals surface area contributed by atoms with Gasteiger partial charge < -0.3 is 0 Å². The predicted molar refractivity (Wildman–Crippen MR) is 58.1 cm³/mol. The molecule has 0 N–H and O–H groups in total. The zero-order valence-corrected chi connectivity index (χ0v) is 8.74. The molecule has 0 spiro atoms. The lowest BCUT2D eigenvalue weighted by atomic mass is 9.87. The highest BCUT2D eigenvalue weighted by molar-refractivity contribution is 5.42. The van der Waals surface area contributed by atoms with E-state index in [4.69, 9.17) is 5.26 Å². The van der Waals surface area contributed by atoms with Gasteiger partial charge in [-0.3, -0.25) is 4.90 Å². The quantitative estimate of drug-likeness (QED) is 0.648. The Bertz CT molecular complexity index is 431. The summed E-state index contributed by atoms with van der Waals surface area (Å²) in [7, 11) is 0. The first kappa shape index (κ1) is 8.94. The van der Waals surface area contributed by atoms with Crippen LogP contribution in [-0.4, -0.2) is 11.4 Å². The Hall–Kier alpha value is -1.33. The SMILES string of the molecule is N#CCN1Cc2cccc3c2C1CCC3. The maximum Gasteiger partial charge on any atom is 0.0873 e. The summed E-state index contributed by atoms with van der Waals surface area (Å²) in [6, 6.07) is 9.44. The standard InChI is InChI=1S/C13H14N2/c14-7-8-15-9-11-5-1-3-10-4-2-6-12(15)13(10)11/h1,3,5,12H,2,4,6,8-9H2. The van der Waals surface area contributed by atoms with Crippen molar-refractivity contribution < 1.29 is 0 Å². The van der Waals surface area contributed by atoms with Crippen LogP contribution in [0.4, 0.5) is 0 Å². The third kappa shape index (κ3) is 1.27. The Morgan fingerprint density at radius 2 is 2.27 bits per heavy atom. The maximum atomic E-state index is 8.81. The van der Waals surface area contributed by atoms with Gasteiger partial charge in [0.15, 0.2) is 0 Å². The van der Waals surface area contributed by atoms with Crippen LogP contribution in [-0.2, 0) is 13.0 Å². The van der Waals surface area contributed by atoms with Gasteiger partial charge >= 0.3 is 0 Å². The Kier molecular flexibility index (Phi) is 2.00. The van der Waals surface area contributed by atoms with Crippen LogP contribution in [0.25, 0.3) is 0 Å². The van der Waals surface area contributed by atoms with Gasteiger partial charge in [0, 0.05) is 12.6 Å². The predicted octanol–water partition coefficient (Wildman–Crippen LogP) is 2.40. The van der Waals surface area contributed by atoms with Gasteiger partial charge in [0.05, 0.1) is 12.6 Å². The van der Waals surface area contributed by atoms with E-state index in [0.717, 1.165) is 6.54 Å². The Labute approximate surface area is 90.1 Å². The van der Waals surface area contributed by atoms with E-state index >= 15 is 0 Å². The van der Waals surface area contributed by atoms with E-state index in [-0.39, 0.29) is 0 Å². The van der Waals surface area contributed by atoms with Crippen LogP contribution >= 0.6 is 0 Å². The first-order chi connectivity index (χ1) is 7.40. The van der Waals surface area contributed by atoms with E-state index in [1.165, 1.54) is 30.4 Å². The smallest absolute Gasteiger partial charge is 0.0873 e. The maximum absolute atomic E-state index is 8.81. The topological polar surface area (TPSA) is 27.0 Å². The van der Waals surface area contributed by atoms with Crippen LogP contribution in [0.2, 0.25) is 0 Å². The molecule has 76 valence electrons. The van der Waals surface area contributed by atoms with Gasteiger partial charge in [0.2, 0.25) is 0 Å². The molecule has 1 aromatic rings. The monoisotopic (exact) mass is 198 g/mol. The second-order valence-electron chi connectivity index (χ2n) is 4.46. The normalized spacial score (nSPS) is 23.5. The number of hydrogen-bond acceptors (Lipinski definition) is 2. The molecule has 0 saturated carbocycles. The minimum Gasteiger partial charge on any atom is -0.279 e. The van der Waals surface area contributed by atoms with Crippen LogP contribution in [0.3, 0.4) is 0 Å². The molecule has 1 aromatic carbocycles. The molecule has 2 aliphatic rings. The summed E-state index contributed by atoms with van der Waals surface area (Å²) in [4.78, 5) is 2.31. The highest BCUT2D eigenvalue weighted by Crippen LogP contribution is 2.42.